The second kappa shape index (κ2) is 43.4. The van der Waals surface area contributed by atoms with Gasteiger partial charge in [-0.2, -0.15) is 0 Å². The van der Waals surface area contributed by atoms with Gasteiger partial charge in [0.2, 0.25) is 0 Å². The average Bonchev–Trinajstić information content (AvgIpc) is 3.15. The third-order valence-electron chi connectivity index (χ3n) is 9.81. The third-order valence-corrected chi connectivity index (χ3v) is 9.81. The molecule has 3 N–H and O–H groups in total. The minimum absolute atomic E-state index is 0.113. The lowest BCUT2D eigenvalue weighted by molar-refractivity contribution is -0.212. The standard InChI is InChI=1S/C47H88O6/c1-4-7-10-13-16-18-20-22-23-25-27-29-32-35-38-41-47(50)53-44(42-51-45(48)39-36-33-30-15-12-9-6-3)43-52-46(49)40-37-34-31-28-26-24-21-19-17-14-11-8-5-2/h6-7,10,16,18,22-23,44-50H,3-5,8-9,11-15,17,19-21,24-43H2,1-2H3/b10-7-,18-16-,23-22-. The highest BCUT2D eigenvalue weighted by atomic mass is 16.7. The molecule has 0 saturated heterocycles. The number of hydrogen-bond acceptors (Lipinski definition) is 6. The molecule has 0 saturated carbocycles. The molecule has 312 valence electrons. The van der Waals surface area contributed by atoms with E-state index in [1.54, 1.807) is 0 Å². The van der Waals surface area contributed by atoms with Crippen molar-refractivity contribution in [3.63, 3.8) is 0 Å². The van der Waals surface area contributed by atoms with Crippen LogP contribution in [0.15, 0.2) is 49.1 Å². The summed E-state index contributed by atoms with van der Waals surface area (Å²) in [5.74, 6) is 0. The molecule has 53 heavy (non-hydrogen) atoms. The molecule has 6 heteroatoms. The Labute approximate surface area is 328 Å². The molecule has 4 unspecified atom stereocenters. The maximum absolute atomic E-state index is 10.7. The quantitative estimate of drug-likeness (QED) is 0.0327. The number of aliphatic hydroxyl groups is 3. The molecule has 0 radical (unpaired) electrons. The second-order valence-electron chi connectivity index (χ2n) is 15.1. The van der Waals surface area contributed by atoms with Crippen LogP contribution >= 0.6 is 0 Å². The first kappa shape index (κ1) is 51.7. The maximum atomic E-state index is 10.7. The fourth-order valence-electron chi connectivity index (χ4n) is 6.43. The van der Waals surface area contributed by atoms with E-state index in [4.69, 9.17) is 14.2 Å². The lowest BCUT2D eigenvalue weighted by atomic mass is 10.0. The van der Waals surface area contributed by atoms with Crippen LogP contribution in [-0.2, 0) is 14.2 Å². The Balaban J connectivity index is 4.31. The molecule has 0 aromatic heterocycles. The Hall–Kier alpha value is -1.28. The van der Waals surface area contributed by atoms with E-state index in [0.29, 0.717) is 19.3 Å². The first-order valence-corrected chi connectivity index (χ1v) is 22.5. The number of ether oxygens (including phenoxy) is 3. The van der Waals surface area contributed by atoms with Gasteiger partial charge in [-0.05, 0) is 83.5 Å². The van der Waals surface area contributed by atoms with Crippen molar-refractivity contribution in [3.05, 3.63) is 49.1 Å². The molecule has 0 rings (SSSR count). The fourth-order valence-corrected chi connectivity index (χ4v) is 6.43. The van der Waals surface area contributed by atoms with Crippen molar-refractivity contribution >= 4 is 0 Å². The lowest BCUT2D eigenvalue weighted by Crippen LogP contribution is -2.34. The third kappa shape index (κ3) is 41.7. The van der Waals surface area contributed by atoms with Crippen LogP contribution in [0, 0.1) is 0 Å². The molecule has 0 aliphatic carbocycles. The summed E-state index contributed by atoms with van der Waals surface area (Å²) in [6, 6.07) is 0. The molecule has 4 atom stereocenters. The van der Waals surface area contributed by atoms with E-state index in [-0.39, 0.29) is 13.2 Å². The molecule has 0 fully saturated rings. The largest absolute Gasteiger partial charge is 0.368 e. The number of aliphatic hydroxyl groups excluding tert-OH is 3. The number of hydrogen-bond donors (Lipinski definition) is 3. The second-order valence-corrected chi connectivity index (χ2v) is 15.1. The monoisotopic (exact) mass is 749 g/mol. The van der Waals surface area contributed by atoms with Crippen LogP contribution in [0.2, 0.25) is 0 Å². The minimum Gasteiger partial charge on any atom is -0.368 e. The molecule has 0 aliphatic heterocycles. The summed E-state index contributed by atoms with van der Waals surface area (Å²) in [4.78, 5) is 0. The van der Waals surface area contributed by atoms with Gasteiger partial charge in [-0.1, -0.05) is 172 Å². The zero-order chi connectivity index (χ0) is 38.7. The van der Waals surface area contributed by atoms with Gasteiger partial charge < -0.3 is 29.5 Å². The SMILES string of the molecule is C=CCCCCCCCC(O)OCC(COC(O)CCCCCCCCCCCCCCC)OC(O)CCCCCCC/C=C\C/C=C\C/C=C\CC. The highest BCUT2D eigenvalue weighted by Crippen LogP contribution is 2.16. The van der Waals surface area contributed by atoms with Crippen molar-refractivity contribution in [1.29, 1.82) is 0 Å². The Kier molecular flexibility index (Phi) is 42.4. The van der Waals surface area contributed by atoms with Crippen molar-refractivity contribution < 1.29 is 29.5 Å². The van der Waals surface area contributed by atoms with Crippen molar-refractivity contribution in [3.8, 4) is 0 Å². The van der Waals surface area contributed by atoms with Gasteiger partial charge in [-0.15, -0.1) is 6.58 Å². The van der Waals surface area contributed by atoms with E-state index in [2.05, 4.69) is 56.9 Å². The summed E-state index contributed by atoms with van der Waals surface area (Å²) in [6.07, 6.45) is 46.9. The summed E-state index contributed by atoms with van der Waals surface area (Å²) < 4.78 is 17.4. The molecule has 0 amide bonds. The predicted molar refractivity (Wildman–Crippen MR) is 227 cm³/mol. The maximum Gasteiger partial charge on any atom is 0.155 e. The summed E-state index contributed by atoms with van der Waals surface area (Å²) in [5, 5.41) is 31.6. The van der Waals surface area contributed by atoms with E-state index < -0.39 is 25.0 Å². The molecule has 0 aromatic rings. The number of unbranched alkanes of at least 4 members (excludes halogenated alkanes) is 22. The van der Waals surface area contributed by atoms with E-state index in [1.807, 2.05) is 6.08 Å². The lowest BCUT2D eigenvalue weighted by Gasteiger charge is -2.24. The van der Waals surface area contributed by atoms with Gasteiger partial charge in [0.25, 0.3) is 0 Å². The zero-order valence-corrected chi connectivity index (χ0v) is 35.0. The Bertz CT molecular complexity index is 811. The van der Waals surface area contributed by atoms with Crippen LogP contribution in [0.25, 0.3) is 0 Å². The van der Waals surface area contributed by atoms with Gasteiger partial charge in [0.05, 0.1) is 13.2 Å². The van der Waals surface area contributed by atoms with Crippen molar-refractivity contribution in [2.75, 3.05) is 13.2 Å². The van der Waals surface area contributed by atoms with Gasteiger partial charge in [0.1, 0.15) is 6.10 Å². The van der Waals surface area contributed by atoms with Crippen molar-refractivity contribution in [2.24, 2.45) is 0 Å². The van der Waals surface area contributed by atoms with Gasteiger partial charge in [-0.25, -0.2) is 0 Å². The van der Waals surface area contributed by atoms with E-state index >= 15 is 0 Å². The summed E-state index contributed by atoms with van der Waals surface area (Å²) in [7, 11) is 0. The highest BCUT2D eigenvalue weighted by Gasteiger charge is 2.19. The Morgan fingerprint density at radius 3 is 1.26 bits per heavy atom. The highest BCUT2D eigenvalue weighted by molar-refractivity contribution is 4.97. The normalized spacial score (nSPS) is 14.5. The Morgan fingerprint density at radius 2 is 0.811 bits per heavy atom. The molecule has 0 aliphatic rings. The zero-order valence-electron chi connectivity index (χ0n) is 35.0. The predicted octanol–water partition coefficient (Wildman–Crippen LogP) is 13.3. The van der Waals surface area contributed by atoms with Crippen LogP contribution in [0.5, 0.6) is 0 Å². The summed E-state index contributed by atoms with van der Waals surface area (Å²) in [5.41, 5.74) is 0. The fraction of sp³-hybridized carbons (Fsp3) is 0.830. The molecule has 0 aromatic carbocycles. The average molecular weight is 749 g/mol. The summed E-state index contributed by atoms with van der Waals surface area (Å²) in [6.45, 7) is 8.43. The molecular weight excluding hydrogens is 661 g/mol. The number of allylic oxidation sites excluding steroid dienone is 7. The van der Waals surface area contributed by atoms with Crippen LogP contribution in [0.4, 0.5) is 0 Å². The van der Waals surface area contributed by atoms with E-state index in [9.17, 15) is 15.3 Å². The van der Waals surface area contributed by atoms with Crippen molar-refractivity contribution in [2.45, 2.75) is 238 Å². The van der Waals surface area contributed by atoms with E-state index in [0.717, 1.165) is 83.5 Å². The summed E-state index contributed by atoms with van der Waals surface area (Å²) >= 11 is 0. The minimum atomic E-state index is -0.924. The van der Waals surface area contributed by atoms with Gasteiger partial charge >= 0.3 is 0 Å². The van der Waals surface area contributed by atoms with Gasteiger partial charge in [-0.3, -0.25) is 0 Å². The van der Waals surface area contributed by atoms with Crippen LogP contribution in [0.1, 0.15) is 213 Å². The Morgan fingerprint density at radius 1 is 0.434 bits per heavy atom. The van der Waals surface area contributed by atoms with Crippen molar-refractivity contribution in [1.82, 2.24) is 0 Å². The smallest absolute Gasteiger partial charge is 0.155 e. The first-order chi connectivity index (χ1) is 26.0. The van der Waals surface area contributed by atoms with Crippen LogP contribution in [0.3, 0.4) is 0 Å². The van der Waals surface area contributed by atoms with Crippen LogP contribution in [-0.4, -0.2) is 53.5 Å². The topological polar surface area (TPSA) is 88.4 Å². The molecule has 0 heterocycles. The molecule has 0 spiro atoms. The number of rotatable bonds is 43. The first-order valence-electron chi connectivity index (χ1n) is 22.5. The van der Waals surface area contributed by atoms with Gasteiger partial charge in [0, 0.05) is 0 Å². The van der Waals surface area contributed by atoms with Crippen LogP contribution < -0.4 is 0 Å². The van der Waals surface area contributed by atoms with Gasteiger partial charge in [0.15, 0.2) is 18.9 Å². The van der Waals surface area contributed by atoms with E-state index in [1.165, 1.54) is 96.3 Å². The molecule has 0 bridgehead atoms. The molecular formula is C47H88O6. The molecule has 6 nitrogen and oxygen atoms in total.